The van der Waals surface area contributed by atoms with Crippen LogP contribution in [0.25, 0.3) is 66.1 Å². The zero-order valence-electron chi connectivity index (χ0n) is 24.9. The summed E-state index contributed by atoms with van der Waals surface area (Å²) in [6, 6.07) is 58.2. The highest BCUT2D eigenvalue weighted by Gasteiger charge is 2.53. The molecule has 2 aliphatic carbocycles. The highest BCUT2D eigenvalue weighted by atomic mass is 16.5. The summed E-state index contributed by atoms with van der Waals surface area (Å²) < 4.78 is 6.67. The van der Waals surface area contributed by atoms with E-state index in [1.165, 1.54) is 82.7 Å². The van der Waals surface area contributed by atoms with Gasteiger partial charge in [0.25, 0.3) is 0 Å². The van der Waals surface area contributed by atoms with Crippen LogP contribution in [0.1, 0.15) is 22.3 Å². The van der Waals surface area contributed by atoms with Crippen molar-refractivity contribution in [2.45, 2.75) is 5.41 Å². The van der Waals surface area contributed by atoms with Gasteiger partial charge in [-0.3, -0.25) is 0 Å². The maximum Gasteiger partial charge on any atom is 0.135 e. The minimum Gasteiger partial charge on any atom is -0.456 e. The van der Waals surface area contributed by atoms with Gasteiger partial charge in [0.1, 0.15) is 11.5 Å². The summed E-state index contributed by atoms with van der Waals surface area (Å²) in [6.07, 6.45) is 0. The third-order valence-corrected chi connectivity index (χ3v) is 10.7. The molecule has 1 nitrogen and oxygen atoms in total. The summed E-state index contributed by atoms with van der Waals surface area (Å²) in [5.41, 5.74) is 15.1. The molecule has 8 aromatic carbocycles. The number of rotatable bonds is 1. The number of fused-ring (bicyclic) bond motifs is 14. The Hall–Kier alpha value is -5.92. The molecule has 0 aromatic heterocycles. The molecule has 0 saturated heterocycles. The summed E-state index contributed by atoms with van der Waals surface area (Å²) in [5.74, 6) is 1.83. The van der Waals surface area contributed by atoms with Crippen molar-refractivity contribution < 1.29 is 4.74 Å². The Morgan fingerprint density at radius 2 is 1.07 bits per heavy atom. The van der Waals surface area contributed by atoms with Gasteiger partial charge in [0, 0.05) is 10.9 Å². The lowest BCUT2D eigenvalue weighted by Gasteiger charge is -2.32. The van der Waals surface area contributed by atoms with Gasteiger partial charge >= 0.3 is 0 Å². The Morgan fingerprint density at radius 1 is 0.391 bits per heavy atom. The third kappa shape index (κ3) is 2.87. The van der Waals surface area contributed by atoms with Gasteiger partial charge in [-0.2, -0.15) is 0 Å². The first-order valence-electron chi connectivity index (χ1n) is 16.0. The number of ether oxygens (including phenoxy) is 1. The lowest BCUT2D eigenvalue weighted by molar-refractivity contribution is 0.487. The molecule has 0 saturated carbocycles. The topological polar surface area (TPSA) is 9.23 Å². The fourth-order valence-corrected chi connectivity index (χ4v) is 8.94. The second-order valence-electron chi connectivity index (χ2n) is 12.8. The molecule has 3 aliphatic rings. The summed E-state index contributed by atoms with van der Waals surface area (Å²) in [4.78, 5) is 0. The van der Waals surface area contributed by atoms with E-state index in [4.69, 9.17) is 4.74 Å². The Morgan fingerprint density at radius 3 is 1.98 bits per heavy atom. The van der Waals surface area contributed by atoms with Crippen molar-refractivity contribution in [2.24, 2.45) is 0 Å². The standard InChI is InChI=1S/C45H26O/c1-2-13-30-27(10-1)23-25-39-43(30)36-15-4-6-20-38(36)45(39)37-19-5-3-14-32(37)35-18-9-16-31(44(35)45)29-22-24-33-34-17-7-11-28-12-8-21-40(42(28)34)46-41(33)26-29/h1-26H. The monoisotopic (exact) mass is 582 g/mol. The molecule has 0 fully saturated rings. The van der Waals surface area contributed by atoms with Crippen LogP contribution in [0, 0.1) is 0 Å². The molecule has 46 heavy (non-hydrogen) atoms. The molecule has 0 radical (unpaired) electrons. The summed E-state index contributed by atoms with van der Waals surface area (Å²) >= 11 is 0. The van der Waals surface area contributed by atoms with Crippen LogP contribution in [-0.4, -0.2) is 0 Å². The van der Waals surface area contributed by atoms with E-state index in [1.807, 2.05) is 0 Å². The molecular weight excluding hydrogens is 556 g/mol. The fourth-order valence-electron chi connectivity index (χ4n) is 8.94. The van der Waals surface area contributed by atoms with Crippen LogP contribution in [-0.2, 0) is 5.41 Å². The molecule has 1 aliphatic heterocycles. The van der Waals surface area contributed by atoms with E-state index in [0.29, 0.717) is 0 Å². The lowest BCUT2D eigenvalue weighted by atomic mass is 9.68. The van der Waals surface area contributed by atoms with Crippen molar-refractivity contribution in [3.05, 3.63) is 180 Å². The molecule has 0 amide bonds. The first-order valence-corrected chi connectivity index (χ1v) is 16.0. The second kappa shape index (κ2) is 8.62. The number of hydrogen-bond acceptors (Lipinski definition) is 1. The van der Waals surface area contributed by atoms with Crippen LogP contribution in [0.5, 0.6) is 11.5 Å². The summed E-state index contributed by atoms with van der Waals surface area (Å²) in [7, 11) is 0. The molecule has 1 heteroatoms. The van der Waals surface area contributed by atoms with Crippen molar-refractivity contribution >= 4 is 21.5 Å². The van der Waals surface area contributed by atoms with Crippen LogP contribution < -0.4 is 4.74 Å². The quantitative estimate of drug-likeness (QED) is 0.187. The molecule has 1 heterocycles. The first kappa shape index (κ1) is 24.4. The van der Waals surface area contributed by atoms with E-state index in [-0.39, 0.29) is 0 Å². The van der Waals surface area contributed by atoms with E-state index in [9.17, 15) is 0 Å². The van der Waals surface area contributed by atoms with Crippen LogP contribution in [0.15, 0.2) is 158 Å². The second-order valence-corrected chi connectivity index (χ2v) is 12.8. The minimum atomic E-state index is -0.437. The molecule has 1 atom stereocenters. The molecule has 212 valence electrons. The Kier molecular flexibility index (Phi) is 4.57. The zero-order valence-corrected chi connectivity index (χ0v) is 24.9. The normalized spacial score (nSPS) is 16.1. The van der Waals surface area contributed by atoms with Crippen molar-refractivity contribution in [3.63, 3.8) is 0 Å². The van der Waals surface area contributed by atoms with Crippen molar-refractivity contribution in [3.8, 4) is 56.0 Å². The van der Waals surface area contributed by atoms with Gasteiger partial charge in [0.2, 0.25) is 0 Å². The van der Waals surface area contributed by atoms with Gasteiger partial charge in [-0.1, -0.05) is 140 Å². The molecular formula is C45H26O. The van der Waals surface area contributed by atoms with Crippen LogP contribution in [0.2, 0.25) is 0 Å². The maximum atomic E-state index is 6.67. The van der Waals surface area contributed by atoms with E-state index < -0.39 is 5.41 Å². The Bertz CT molecular complexity index is 2620. The molecule has 8 aromatic rings. The fraction of sp³-hybridized carbons (Fsp3) is 0.0222. The van der Waals surface area contributed by atoms with E-state index in [2.05, 4.69) is 158 Å². The molecule has 1 spiro atoms. The Labute approximate surface area is 267 Å². The first-order chi connectivity index (χ1) is 22.8. The van der Waals surface area contributed by atoms with Gasteiger partial charge < -0.3 is 4.74 Å². The highest BCUT2D eigenvalue weighted by Crippen LogP contribution is 2.65. The molecule has 11 rings (SSSR count). The van der Waals surface area contributed by atoms with Gasteiger partial charge in [-0.05, 0) is 95.6 Å². The summed E-state index contributed by atoms with van der Waals surface area (Å²) in [6.45, 7) is 0. The average Bonchev–Trinajstić information content (AvgIpc) is 3.59. The largest absolute Gasteiger partial charge is 0.456 e. The smallest absolute Gasteiger partial charge is 0.135 e. The van der Waals surface area contributed by atoms with Gasteiger partial charge in [0.05, 0.1) is 5.41 Å². The Balaban J connectivity index is 1.23. The SMILES string of the molecule is c1ccc2c(c1)-c1cccc(-c3ccc4c(c3)Oc3cccc5cccc-4c35)c1C21c2ccccc2-c2c1ccc1ccccc21. The van der Waals surface area contributed by atoms with Crippen LogP contribution in [0.3, 0.4) is 0 Å². The van der Waals surface area contributed by atoms with E-state index in [1.54, 1.807) is 0 Å². The zero-order chi connectivity index (χ0) is 30.0. The highest BCUT2D eigenvalue weighted by molar-refractivity contribution is 6.08. The minimum absolute atomic E-state index is 0.437. The van der Waals surface area contributed by atoms with Crippen LogP contribution >= 0.6 is 0 Å². The number of hydrogen-bond donors (Lipinski definition) is 0. The van der Waals surface area contributed by atoms with Crippen molar-refractivity contribution in [1.82, 2.24) is 0 Å². The van der Waals surface area contributed by atoms with Crippen LogP contribution in [0.4, 0.5) is 0 Å². The predicted molar refractivity (Wildman–Crippen MR) is 189 cm³/mol. The lowest BCUT2D eigenvalue weighted by Crippen LogP contribution is -2.26. The predicted octanol–water partition coefficient (Wildman–Crippen LogP) is 11.8. The van der Waals surface area contributed by atoms with Gasteiger partial charge in [-0.25, -0.2) is 0 Å². The van der Waals surface area contributed by atoms with Gasteiger partial charge in [-0.15, -0.1) is 0 Å². The number of benzene rings is 8. The molecule has 1 unspecified atom stereocenters. The van der Waals surface area contributed by atoms with Gasteiger partial charge in [0.15, 0.2) is 0 Å². The van der Waals surface area contributed by atoms with Crippen molar-refractivity contribution in [1.29, 1.82) is 0 Å². The third-order valence-electron chi connectivity index (χ3n) is 10.7. The van der Waals surface area contributed by atoms with Crippen molar-refractivity contribution in [2.75, 3.05) is 0 Å². The van der Waals surface area contributed by atoms with E-state index in [0.717, 1.165) is 17.1 Å². The average molecular weight is 583 g/mol. The molecule has 0 bridgehead atoms. The summed E-state index contributed by atoms with van der Waals surface area (Å²) in [5, 5.41) is 4.97. The van der Waals surface area contributed by atoms with E-state index >= 15 is 0 Å². The maximum absolute atomic E-state index is 6.67. The molecule has 0 N–H and O–H groups in total.